The Kier molecular flexibility index (Phi) is 6.46. The predicted molar refractivity (Wildman–Crippen MR) is 121 cm³/mol. The van der Waals surface area contributed by atoms with Crippen molar-refractivity contribution in [3.8, 4) is 5.75 Å². The molecule has 0 aliphatic heterocycles. The zero-order chi connectivity index (χ0) is 26.7. The van der Waals surface area contributed by atoms with Gasteiger partial charge >= 0.3 is 0 Å². The van der Waals surface area contributed by atoms with Gasteiger partial charge in [-0.15, -0.1) is 0 Å². The van der Waals surface area contributed by atoms with Crippen LogP contribution < -0.4 is 16.0 Å². The highest BCUT2D eigenvalue weighted by Gasteiger charge is 2.66. The minimum absolute atomic E-state index is 0.00757. The first-order valence-corrected chi connectivity index (χ1v) is 11.5. The number of carbonyl (C=O) groups excluding carboxylic acids is 5. The number of benzene rings is 1. The molecule has 0 radical (unpaired) electrons. The number of hydrogen-bond donors (Lipinski definition) is 4. The molecular formula is C24H27F2N3O7. The lowest BCUT2D eigenvalue weighted by Gasteiger charge is -2.48. The summed E-state index contributed by atoms with van der Waals surface area (Å²) in [5.74, 6) is -11.0. The van der Waals surface area contributed by atoms with E-state index >= 15 is 0 Å². The summed E-state index contributed by atoms with van der Waals surface area (Å²) in [5.41, 5.74) is 3.44. The van der Waals surface area contributed by atoms with Crippen molar-refractivity contribution in [3.05, 3.63) is 22.8 Å². The van der Waals surface area contributed by atoms with Crippen LogP contribution in [-0.4, -0.2) is 71.9 Å². The molecule has 194 valence electrons. The Hall–Kier alpha value is -3.25. The van der Waals surface area contributed by atoms with Gasteiger partial charge in [0.1, 0.15) is 5.75 Å². The molecule has 0 spiro atoms. The summed E-state index contributed by atoms with van der Waals surface area (Å²) < 4.78 is 25.2. The molecule has 1 aromatic carbocycles. The van der Waals surface area contributed by atoms with Crippen molar-refractivity contribution in [3.63, 3.8) is 0 Å². The number of Topliss-reactive ketones (excluding diaryl/α,β-unsaturated/α-hetero) is 4. The van der Waals surface area contributed by atoms with Crippen LogP contribution in [0.5, 0.6) is 5.75 Å². The summed E-state index contributed by atoms with van der Waals surface area (Å²) in [6.07, 6.45) is -2.91. The number of halogens is 2. The van der Waals surface area contributed by atoms with Crippen molar-refractivity contribution in [1.82, 2.24) is 5.32 Å². The van der Waals surface area contributed by atoms with E-state index < -0.39 is 83.5 Å². The van der Waals surface area contributed by atoms with Gasteiger partial charge in [-0.3, -0.25) is 24.0 Å². The third kappa shape index (κ3) is 3.79. The number of anilines is 1. The van der Waals surface area contributed by atoms with Crippen molar-refractivity contribution >= 4 is 34.7 Å². The number of amides is 1. The number of alkyl halides is 2. The number of nitrogens with one attached hydrogen (secondary N) is 1. The van der Waals surface area contributed by atoms with Crippen LogP contribution in [0, 0.1) is 23.7 Å². The number of primary amides is 1. The van der Waals surface area contributed by atoms with Gasteiger partial charge in [0.2, 0.25) is 5.91 Å². The van der Waals surface area contributed by atoms with Crippen LogP contribution in [0.15, 0.2) is 6.07 Å². The van der Waals surface area contributed by atoms with E-state index in [9.17, 15) is 43.0 Å². The number of aromatic hydroxyl groups is 1. The van der Waals surface area contributed by atoms with Crippen LogP contribution in [0.2, 0.25) is 0 Å². The number of nitrogens with zero attached hydrogens (tertiary/aromatic N) is 1. The van der Waals surface area contributed by atoms with Crippen LogP contribution in [-0.2, 0) is 32.1 Å². The minimum atomic E-state index is -2.72. The Bertz CT molecular complexity index is 1180. The quantitative estimate of drug-likeness (QED) is 0.380. The van der Waals surface area contributed by atoms with E-state index in [2.05, 4.69) is 5.32 Å². The summed E-state index contributed by atoms with van der Waals surface area (Å²) in [4.78, 5) is 66.0. The standard InChI is InChI=1S/C24H27F2N3O7/c1-29(2)13-5-10(7-28-8-15(25)26)19(31)17-12(13)4-9-3-11-6-14(30)18(23(27)35)22(34)24(11,36)21(33)16(9)20(17)32/h5,9,11,15-16,18,28,31,36H,3-4,6-8H2,1-2H3,(H2,27,35)/t9-,11+,16?,18?,24+/m1/s1. The average Bonchev–Trinajstić information content (AvgIpc) is 2.77. The number of phenols is 1. The van der Waals surface area contributed by atoms with E-state index in [1.165, 1.54) is 0 Å². The van der Waals surface area contributed by atoms with E-state index in [4.69, 9.17) is 5.73 Å². The number of phenolic OH excluding ortho intramolecular Hbond substituents is 1. The highest BCUT2D eigenvalue weighted by Crippen LogP contribution is 2.51. The maximum atomic E-state index is 13.7. The smallest absolute Gasteiger partial charge is 0.250 e. The van der Waals surface area contributed by atoms with Gasteiger partial charge in [0.25, 0.3) is 6.43 Å². The largest absolute Gasteiger partial charge is 0.507 e. The fourth-order valence-electron chi connectivity index (χ4n) is 5.92. The van der Waals surface area contributed by atoms with Crippen LogP contribution >= 0.6 is 0 Å². The zero-order valence-corrected chi connectivity index (χ0v) is 19.7. The molecule has 0 saturated heterocycles. The third-order valence-corrected chi connectivity index (χ3v) is 7.55. The van der Waals surface area contributed by atoms with Gasteiger partial charge in [-0.25, -0.2) is 8.78 Å². The highest BCUT2D eigenvalue weighted by atomic mass is 19.3. The maximum Gasteiger partial charge on any atom is 0.250 e. The van der Waals surface area contributed by atoms with Crippen LogP contribution in [0.3, 0.4) is 0 Å². The Balaban J connectivity index is 1.78. The molecule has 10 nitrogen and oxygen atoms in total. The molecule has 12 heteroatoms. The van der Waals surface area contributed by atoms with Gasteiger partial charge in [-0.05, 0) is 30.4 Å². The van der Waals surface area contributed by atoms with E-state index in [1.807, 2.05) is 0 Å². The second-order valence-corrected chi connectivity index (χ2v) is 9.91. The Morgan fingerprint density at radius 3 is 2.47 bits per heavy atom. The lowest BCUT2D eigenvalue weighted by atomic mass is 9.53. The zero-order valence-electron chi connectivity index (χ0n) is 19.7. The Labute approximate surface area is 204 Å². The number of fused-ring (bicyclic) bond motifs is 3. The number of hydrogen-bond acceptors (Lipinski definition) is 9. The lowest BCUT2D eigenvalue weighted by molar-refractivity contribution is -0.175. The van der Waals surface area contributed by atoms with Crippen LogP contribution in [0.4, 0.5) is 14.5 Å². The molecule has 2 fully saturated rings. The van der Waals surface area contributed by atoms with Crippen molar-refractivity contribution < 1.29 is 43.0 Å². The molecular weight excluding hydrogens is 480 g/mol. The Morgan fingerprint density at radius 1 is 1.22 bits per heavy atom. The number of ketones is 4. The normalized spacial score (nSPS) is 29.6. The molecule has 4 rings (SSSR count). The van der Waals surface area contributed by atoms with Crippen molar-refractivity contribution in [2.75, 3.05) is 25.5 Å². The molecule has 2 saturated carbocycles. The fraction of sp³-hybridized carbons (Fsp3) is 0.542. The Morgan fingerprint density at radius 2 is 1.89 bits per heavy atom. The minimum Gasteiger partial charge on any atom is -0.507 e. The van der Waals surface area contributed by atoms with Gasteiger partial charge in [0.05, 0.1) is 18.0 Å². The fourth-order valence-corrected chi connectivity index (χ4v) is 5.92. The molecule has 5 atom stereocenters. The van der Waals surface area contributed by atoms with E-state index in [1.54, 1.807) is 25.1 Å². The van der Waals surface area contributed by atoms with Gasteiger partial charge in [0.15, 0.2) is 34.7 Å². The first-order chi connectivity index (χ1) is 16.8. The number of aliphatic hydroxyl groups is 1. The molecule has 36 heavy (non-hydrogen) atoms. The second-order valence-electron chi connectivity index (χ2n) is 9.91. The average molecular weight is 507 g/mol. The summed E-state index contributed by atoms with van der Waals surface area (Å²) >= 11 is 0. The van der Waals surface area contributed by atoms with Crippen LogP contribution in [0.1, 0.15) is 34.3 Å². The van der Waals surface area contributed by atoms with Gasteiger partial charge in [-0.1, -0.05) is 0 Å². The molecule has 0 aromatic heterocycles. The van der Waals surface area contributed by atoms with Crippen molar-refractivity contribution in [1.29, 1.82) is 0 Å². The summed E-state index contributed by atoms with van der Waals surface area (Å²) in [6.45, 7) is -0.812. The van der Waals surface area contributed by atoms with Crippen molar-refractivity contribution in [2.24, 2.45) is 29.4 Å². The summed E-state index contributed by atoms with van der Waals surface area (Å²) in [7, 11) is 3.40. The molecule has 3 aliphatic carbocycles. The molecule has 3 aliphatic rings. The van der Waals surface area contributed by atoms with E-state index in [-0.39, 0.29) is 30.5 Å². The molecule has 1 amide bonds. The summed E-state index contributed by atoms with van der Waals surface area (Å²) in [6, 6.07) is 1.58. The molecule has 2 unspecified atom stereocenters. The topological polar surface area (TPSA) is 167 Å². The highest BCUT2D eigenvalue weighted by molar-refractivity contribution is 6.31. The molecule has 0 bridgehead atoms. The van der Waals surface area contributed by atoms with Gasteiger partial charge < -0.3 is 26.2 Å². The molecule has 0 heterocycles. The van der Waals surface area contributed by atoms with Crippen LogP contribution in [0.25, 0.3) is 0 Å². The van der Waals surface area contributed by atoms with Gasteiger partial charge in [-0.2, -0.15) is 0 Å². The maximum absolute atomic E-state index is 13.7. The summed E-state index contributed by atoms with van der Waals surface area (Å²) in [5, 5.41) is 24.7. The molecule has 5 N–H and O–H groups in total. The third-order valence-electron chi connectivity index (χ3n) is 7.55. The SMILES string of the molecule is CN(C)c1cc(CNCC(F)F)c(O)c2c1C[C@H]1C[C@H]3CC(=O)C(C(N)=O)C(=O)[C@@]3(O)C(=O)C1C2=O. The number of rotatable bonds is 6. The first kappa shape index (κ1) is 25.8. The first-order valence-electron chi connectivity index (χ1n) is 11.5. The van der Waals surface area contributed by atoms with Gasteiger partial charge in [0, 0.05) is 44.2 Å². The number of carbonyl (C=O) groups is 5. The number of nitrogens with two attached hydrogens (primary N) is 1. The van der Waals surface area contributed by atoms with Crippen molar-refractivity contribution in [2.45, 2.75) is 37.8 Å². The van der Waals surface area contributed by atoms with E-state index in [0.717, 1.165) is 0 Å². The monoisotopic (exact) mass is 507 g/mol. The van der Waals surface area contributed by atoms with E-state index in [0.29, 0.717) is 11.3 Å². The predicted octanol–water partition coefficient (Wildman–Crippen LogP) is -0.252. The molecule has 1 aromatic rings. The lowest BCUT2D eigenvalue weighted by Crippen LogP contribution is -2.68. The second kappa shape index (κ2) is 9.00.